The highest BCUT2D eigenvalue weighted by molar-refractivity contribution is 9.09. The third-order valence-corrected chi connectivity index (χ3v) is 4.07. The number of nitrogens with one attached hydrogen (secondary N) is 1. The number of rotatable bonds is 4. The van der Waals surface area contributed by atoms with Crippen LogP contribution >= 0.6 is 15.9 Å². The van der Waals surface area contributed by atoms with Crippen LogP contribution in [0.1, 0.15) is 26.3 Å². The van der Waals surface area contributed by atoms with Crippen molar-refractivity contribution in [1.82, 2.24) is 4.90 Å². The van der Waals surface area contributed by atoms with Crippen molar-refractivity contribution in [2.45, 2.75) is 6.54 Å². The van der Waals surface area contributed by atoms with Gasteiger partial charge < -0.3 is 5.32 Å². The predicted octanol–water partition coefficient (Wildman–Crippen LogP) is 2.82. The largest absolute Gasteiger partial charge is 0.325 e. The summed E-state index contributed by atoms with van der Waals surface area (Å²) in [5.41, 5.74) is 2.06. The molecule has 2 aromatic rings. The van der Waals surface area contributed by atoms with Crippen molar-refractivity contribution < 1.29 is 14.4 Å². The minimum absolute atomic E-state index is 0.164. The Labute approximate surface area is 141 Å². The van der Waals surface area contributed by atoms with Crippen LogP contribution in [0.15, 0.2) is 48.5 Å². The fraction of sp³-hybridized carbons (Fsp3) is 0.118. The van der Waals surface area contributed by atoms with E-state index in [1.807, 2.05) is 30.3 Å². The summed E-state index contributed by atoms with van der Waals surface area (Å²) in [6.07, 6.45) is 0. The lowest BCUT2D eigenvalue weighted by molar-refractivity contribution is -0.113. The molecule has 23 heavy (non-hydrogen) atoms. The van der Waals surface area contributed by atoms with Gasteiger partial charge in [0, 0.05) is 5.69 Å². The number of amides is 3. The van der Waals surface area contributed by atoms with Crippen LogP contribution in [0.3, 0.4) is 0 Å². The number of hydrogen-bond donors (Lipinski definition) is 1. The molecule has 0 spiro atoms. The molecule has 1 aliphatic rings. The van der Waals surface area contributed by atoms with Gasteiger partial charge in [-0.1, -0.05) is 46.3 Å². The molecule has 2 aromatic carbocycles. The van der Waals surface area contributed by atoms with E-state index in [0.29, 0.717) is 16.8 Å². The summed E-state index contributed by atoms with van der Waals surface area (Å²) in [6.45, 7) is 0.232. The molecule has 3 amide bonds. The van der Waals surface area contributed by atoms with E-state index in [4.69, 9.17) is 0 Å². The minimum atomic E-state index is -0.344. The van der Waals surface area contributed by atoms with Gasteiger partial charge in [-0.15, -0.1) is 0 Å². The number of imide groups is 1. The summed E-state index contributed by atoms with van der Waals surface area (Å²) in [4.78, 5) is 37.5. The molecule has 5 nitrogen and oxygen atoms in total. The smallest absolute Gasteiger partial charge is 0.261 e. The Morgan fingerprint density at radius 3 is 2.39 bits per heavy atom. The Morgan fingerprint density at radius 2 is 1.70 bits per heavy atom. The molecule has 3 rings (SSSR count). The highest BCUT2D eigenvalue weighted by atomic mass is 79.9. The van der Waals surface area contributed by atoms with Crippen LogP contribution in [-0.2, 0) is 11.3 Å². The maximum absolute atomic E-state index is 12.5. The number of anilines is 1. The normalized spacial score (nSPS) is 13.2. The first-order valence-corrected chi connectivity index (χ1v) is 8.12. The van der Waals surface area contributed by atoms with Gasteiger partial charge in [-0.3, -0.25) is 19.3 Å². The van der Waals surface area contributed by atoms with Crippen molar-refractivity contribution in [2.75, 3.05) is 10.6 Å². The molecule has 0 fully saturated rings. The molecular weight excluding hydrogens is 360 g/mol. The second kappa shape index (κ2) is 6.34. The van der Waals surface area contributed by atoms with Gasteiger partial charge in [0.25, 0.3) is 11.8 Å². The van der Waals surface area contributed by atoms with Gasteiger partial charge in [0.05, 0.1) is 23.0 Å². The highest BCUT2D eigenvalue weighted by Crippen LogP contribution is 2.27. The van der Waals surface area contributed by atoms with E-state index in [-0.39, 0.29) is 29.6 Å². The first-order valence-electron chi connectivity index (χ1n) is 7.00. The van der Waals surface area contributed by atoms with Gasteiger partial charge >= 0.3 is 0 Å². The molecule has 0 bridgehead atoms. The Kier molecular flexibility index (Phi) is 4.25. The van der Waals surface area contributed by atoms with Crippen molar-refractivity contribution in [1.29, 1.82) is 0 Å². The van der Waals surface area contributed by atoms with Crippen molar-refractivity contribution in [3.05, 3.63) is 65.2 Å². The molecule has 1 heterocycles. The lowest BCUT2D eigenvalue weighted by Crippen LogP contribution is -2.29. The number of fused-ring (bicyclic) bond motifs is 1. The lowest BCUT2D eigenvalue weighted by Gasteiger charge is -2.13. The summed E-state index contributed by atoms with van der Waals surface area (Å²) >= 11 is 3.06. The van der Waals surface area contributed by atoms with E-state index in [9.17, 15) is 14.4 Å². The molecule has 0 atom stereocenters. The summed E-state index contributed by atoms with van der Waals surface area (Å²) in [5.74, 6) is -0.876. The minimum Gasteiger partial charge on any atom is -0.325 e. The maximum Gasteiger partial charge on any atom is 0.261 e. The fourth-order valence-electron chi connectivity index (χ4n) is 2.47. The third-order valence-electron chi connectivity index (χ3n) is 3.56. The molecule has 116 valence electrons. The van der Waals surface area contributed by atoms with Crippen LogP contribution in [0.4, 0.5) is 5.69 Å². The van der Waals surface area contributed by atoms with Crippen LogP contribution in [0.2, 0.25) is 0 Å². The number of hydrogen-bond acceptors (Lipinski definition) is 3. The monoisotopic (exact) mass is 372 g/mol. The fourth-order valence-corrected chi connectivity index (χ4v) is 2.61. The Morgan fingerprint density at radius 1 is 1.00 bits per heavy atom. The average Bonchev–Trinajstić information content (AvgIpc) is 2.80. The quantitative estimate of drug-likeness (QED) is 0.662. The van der Waals surface area contributed by atoms with Crippen LogP contribution < -0.4 is 5.32 Å². The molecule has 1 aliphatic heterocycles. The van der Waals surface area contributed by atoms with Crippen molar-refractivity contribution in [2.24, 2.45) is 0 Å². The zero-order chi connectivity index (χ0) is 16.4. The summed E-state index contributed by atoms with van der Waals surface area (Å²) in [6, 6.07) is 14.1. The van der Waals surface area contributed by atoms with Gasteiger partial charge in [-0.05, 0) is 23.8 Å². The summed E-state index contributed by atoms with van der Waals surface area (Å²) in [7, 11) is 0. The maximum atomic E-state index is 12.5. The molecule has 0 saturated heterocycles. The van der Waals surface area contributed by atoms with Gasteiger partial charge in [0.15, 0.2) is 0 Å². The number of carbonyl (C=O) groups is 3. The SMILES string of the molecule is O=C(CBr)Nc1ccc2c(c1)C(=O)N(Cc1ccccc1)C2=O. The standard InChI is InChI=1S/C17H13BrN2O3/c18-9-15(21)19-12-6-7-13-14(8-12)17(23)20(16(13)22)10-11-4-2-1-3-5-11/h1-8H,9-10H2,(H,19,21). The van der Waals surface area contributed by atoms with Gasteiger partial charge in [-0.2, -0.15) is 0 Å². The molecule has 6 heteroatoms. The highest BCUT2D eigenvalue weighted by Gasteiger charge is 2.35. The van der Waals surface area contributed by atoms with Crippen molar-refractivity contribution in [3.63, 3.8) is 0 Å². The molecule has 0 aromatic heterocycles. The zero-order valence-corrected chi connectivity index (χ0v) is 13.7. The Bertz CT molecular complexity index is 790. The van der Waals surface area contributed by atoms with E-state index in [0.717, 1.165) is 5.56 Å². The van der Waals surface area contributed by atoms with Crippen LogP contribution in [-0.4, -0.2) is 28.0 Å². The van der Waals surface area contributed by atoms with Crippen molar-refractivity contribution in [3.8, 4) is 0 Å². The molecule has 0 radical (unpaired) electrons. The molecule has 0 unspecified atom stereocenters. The molecule has 1 N–H and O–H groups in total. The van der Waals surface area contributed by atoms with Crippen LogP contribution in [0, 0.1) is 0 Å². The van der Waals surface area contributed by atoms with Gasteiger partial charge in [-0.25, -0.2) is 0 Å². The number of alkyl halides is 1. The zero-order valence-electron chi connectivity index (χ0n) is 12.1. The van der Waals surface area contributed by atoms with E-state index in [1.54, 1.807) is 18.2 Å². The lowest BCUT2D eigenvalue weighted by atomic mass is 10.1. The van der Waals surface area contributed by atoms with E-state index < -0.39 is 0 Å². The van der Waals surface area contributed by atoms with Gasteiger partial charge in [0.2, 0.25) is 5.91 Å². The third kappa shape index (κ3) is 3.03. The van der Waals surface area contributed by atoms with Crippen LogP contribution in [0.5, 0.6) is 0 Å². The van der Waals surface area contributed by atoms with E-state index in [2.05, 4.69) is 21.2 Å². The summed E-state index contributed by atoms with van der Waals surface area (Å²) in [5, 5.41) is 2.82. The number of carbonyl (C=O) groups excluding carboxylic acids is 3. The van der Waals surface area contributed by atoms with Crippen molar-refractivity contribution >= 4 is 39.3 Å². The first kappa shape index (κ1) is 15.4. The van der Waals surface area contributed by atoms with Gasteiger partial charge in [0.1, 0.15) is 0 Å². The second-order valence-corrected chi connectivity index (χ2v) is 5.68. The summed E-state index contributed by atoms with van der Waals surface area (Å²) < 4.78 is 0. The molecule has 0 saturated carbocycles. The topological polar surface area (TPSA) is 66.5 Å². The predicted molar refractivity (Wildman–Crippen MR) is 89.5 cm³/mol. The Hall–Kier alpha value is -2.47. The average molecular weight is 373 g/mol. The van der Waals surface area contributed by atoms with E-state index in [1.165, 1.54) is 4.90 Å². The first-order chi connectivity index (χ1) is 11.1. The number of halogens is 1. The molecular formula is C17H13BrN2O3. The number of nitrogens with zero attached hydrogens (tertiary/aromatic N) is 1. The van der Waals surface area contributed by atoms with E-state index >= 15 is 0 Å². The van der Waals surface area contributed by atoms with Crippen LogP contribution in [0.25, 0.3) is 0 Å². The number of benzene rings is 2. The second-order valence-electron chi connectivity index (χ2n) is 5.12. The molecule has 0 aliphatic carbocycles. The Balaban J connectivity index is 1.86.